The molecule has 2 aromatic carbocycles. The van der Waals surface area contributed by atoms with Crippen LogP contribution in [0.15, 0.2) is 53.6 Å². The Kier molecular flexibility index (Phi) is 7.30. The predicted octanol–water partition coefficient (Wildman–Crippen LogP) is 3.61. The molecule has 0 aromatic heterocycles. The molecule has 2 amide bonds. The molecule has 2 heterocycles. The first kappa shape index (κ1) is 23.3. The normalized spacial score (nSPS) is 19.4. The summed E-state index contributed by atoms with van der Waals surface area (Å²) >= 11 is 6.43. The zero-order valence-corrected chi connectivity index (χ0v) is 19.5. The molecule has 33 heavy (non-hydrogen) atoms. The number of ether oxygens (including phenoxy) is 1. The number of hydrogen-bond acceptors (Lipinski definition) is 5. The Morgan fingerprint density at radius 3 is 2.45 bits per heavy atom. The third-order valence-electron chi connectivity index (χ3n) is 6.28. The molecule has 0 aliphatic carbocycles. The number of nitrogens with zero attached hydrogens (tertiary/aromatic N) is 3. The highest BCUT2D eigenvalue weighted by molar-refractivity contribution is 6.34. The molecular weight excluding hydrogens is 440 g/mol. The van der Waals surface area contributed by atoms with Crippen LogP contribution in [0.2, 0.25) is 5.02 Å². The number of likely N-dealkylation sites (tertiary alicyclic amines) is 1. The van der Waals surface area contributed by atoms with Gasteiger partial charge in [0.25, 0.3) is 5.91 Å². The number of carbonyl (C=O) groups is 2. The van der Waals surface area contributed by atoms with Crippen molar-refractivity contribution in [2.24, 2.45) is 16.8 Å². The van der Waals surface area contributed by atoms with Crippen LogP contribution in [0, 0.1) is 5.92 Å². The summed E-state index contributed by atoms with van der Waals surface area (Å²) in [7, 11) is 0. The van der Waals surface area contributed by atoms with E-state index in [0.29, 0.717) is 44.0 Å². The Hall–Kier alpha value is -2.90. The van der Waals surface area contributed by atoms with Gasteiger partial charge in [-0.05, 0) is 56.6 Å². The summed E-state index contributed by atoms with van der Waals surface area (Å²) in [6.45, 7) is 4.13. The van der Waals surface area contributed by atoms with Crippen LogP contribution in [0.1, 0.15) is 43.4 Å². The number of piperidine rings is 1. The second kappa shape index (κ2) is 10.4. The van der Waals surface area contributed by atoms with Gasteiger partial charge in [0, 0.05) is 22.9 Å². The van der Waals surface area contributed by atoms with Gasteiger partial charge in [-0.1, -0.05) is 41.9 Å². The first-order chi connectivity index (χ1) is 16.0. The Labute approximate surface area is 199 Å². The van der Waals surface area contributed by atoms with Crippen LogP contribution >= 0.6 is 11.6 Å². The number of hydrazone groups is 1. The van der Waals surface area contributed by atoms with Crippen LogP contribution in [-0.4, -0.2) is 53.7 Å². The van der Waals surface area contributed by atoms with E-state index >= 15 is 0 Å². The summed E-state index contributed by atoms with van der Waals surface area (Å²) in [5.41, 5.74) is 8.06. The molecule has 0 saturated carbocycles. The van der Waals surface area contributed by atoms with Crippen molar-refractivity contribution in [1.29, 1.82) is 0 Å². The van der Waals surface area contributed by atoms with Gasteiger partial charge in [-0.15, -0.1) is 0 Å². The highest BCUT2D eigenvalue weighted by Gasteiger charge is 2.35. The molecule has 2 aliphatic heterocycles. The average molecular weight is 469 g/mol. The molecule has 0 spiro atoms. The minimum atomic E-state index is -0.259. The van der Waals surface area contributed by atoms with E-state index in [2.05, 4.69) is 4.90 Å². The smallest absolute Gasteiger partial charge is 0.257 e. The number of nitrogens with two attached hydrogens (primary N) is 1. The maximum atomic E-state index is 13.4. The first-order valence-electron chi connectivity index (χ1n) is 11.3. The molecule has 0 bridgehead atoms. The fraction of sp³-hybridized carbons (Fsp3) is 0.400. The topological polar surface area (TPSA) is 88.2 Å². The second-order valence-corrected chi connectivity index (χ2v) is 8.85. The largest absolute Gasteiger partial charge is 0.494 e. The SMILES string of the molecule is CCOc1ccc(C2CC(c3ccccc3Cl)=NN2C(=O)CN2CCC(C(N)=O)CC2)cc1. The second-order valence-electron chi connectivity index (χ2n) is 8.44. The maximum absolute atomic E-state index is 13.4. The standard InChI is InChI=1S/C25H29ClN4O3/c1-2-33-19-9-7-17(8-10-19)23-15-22(20-5-3-4-6-21(20)26)28-30(23)24(31)16-29-13-11-18(12-14-29)25(27)32/h3-10,18,23H,2,11-16H2,1H3,(H2,27,32). The van der Waals surface area contributed by atoms with E-state index in [9.17, 15) is 9.59 Å². The molecular formula is C25H29ClN4O3. The fourth-order valence-electron chi connectivity index (χ4n) is 4.45. The van der Waals surface area contributed by atoms with Crippen molar-refractivity contribution in [2.75, 3.05) is 26.2 Å². The molecule has 0 radical (unpaired) electrons. The van der Waals surface area contributed by atoms with Gasteiger partial charge in [0.05, 0.1) is 24.9 Å². The van der Waals surface area contributed by atoms with Gasteiger partial charge < -0.3 is 10.5 Å². The number of carbonyl (C=O) groups excluding carboxylic acids is 2. The number of amides is 2. The van der Waals surface area contributed by atoms with Crippen molar-refractivity contribution < 1.29 is 14.3 Å². The molecule has 1 fully saturated rings. The molecule has 1 unspecified atom stereocenters. The Bertz CT molecular complexity index is 1030. The van der Waals surface area contributed by atoms with Gasteiger partial charge in [-0.25, -0.2) is 5.01 Å². The minimum Gasteiger partial charge on any atom is -0.494 e. The van der Waals surface area contributed by atoms with E-state index in [1.54, 1.807) is 5.01 Å². The summed E-state index contributed by atoms with van der Waals surface area (Å²) in [5.74, 6) is 0.352. The Balaban J connectivity index is 1.54. The molecule has 7 nitrogen and oxygen atoms in total. The monoisotopic (exact) mass is 468 g/mol. The van der Waals surface area contributed by atoms with E-state index in [1.165, 1.54) is 0 Å². The van der Waals surface area contributed by atoms with Crippen molar-refractivity contribution in [2.45, 2.75) is 32.2 Å². The third-order valence-corrected chi connectivity index (χ3v) is 6.60. The van der Waals surface area contributed by atoms with Crippen molar-refractivity contribution in [3.8, 4) is 5.75 Å². The summed E-state index contributed by atoms with van der Waals surface area (Å²) in [6, 6.07) is 15.2. The maximum Gasteiger partial charge on any atom is 0.257 e. The molecule has 2 aliphatic rings. The van der Waals surface area contributed by atoms with E-state index in [0.717, 1.165) is 22.6 Å². The molecule has 174 valence electrons. The van der Waals surface area contributed by atoms with Gasteiger partial charge in [0.2, 0.25) is 5.91 Å². The van der Waals surface area contributed by atoms with Crippen LogP contribution in [0.4, 0.5) is 0 Å². The molecule has 8 heteroatoms. The summed E-state index contributed by atoms with van der Waals surface area (Å²) in [4.78, 5) is 26.9. The van der Waals surface area contributed by atoms with E-state index in [1.807, 2.05) is 55.5 Å². The van der Waals surface area contributed by atoms with Gasteiger partial charge in [0.1, 0.15) is 5.75 Å². The van der Waals surface area contributed by atoms with Crippen molar-refractivity contribution in [3.05, 3.63) is 64.7 Å². The van der Waals surface area contributed by atoms with Gasteiger partial charge in [0.15, 0.2) is 0 Å². The fourth-order valence-corrected chi connectivity index (χ4v) is 4.69. The highest BCUT2D eigenvalue weighted by atomic mass is 35.5. The lowest BCUT2D eigenvalue weighted by Gasteiger charge is -2.31. The lowest BCUT2D eigenvalue weighted by molar-refractivity contribution is -0.134. The third kappa shape index (κ3) is 5.37. The predicted molar refractivity (Wildman–Crippen MR) is 128 cm³/mol. The highest BCUT2D eigenvalue weighted by Crippen LogP contribution is 2.35. The van der Waals surface area contributed by atoms with Crippen molar-refractivity contribution >= 4 is 29.1 Å². The van der Waals surface area contributed by atoms with Crippen molar-refractivity contribution in [1.82, 2.24) is 9.91 Å². The quantitative estimate of drug-likeness (QED) is 0.672. The zero-order valence-electron chi connectivity index (χ0n) is 18.7. The number of halogens is 1. The van der Waals surface area contributed by atoms with Gasteiger partial charge in [-0.2, -0.15) is 5.10 Å². The van der Waals surface area contributed by atoms with Crippen molar-refractivity contribution in [3.63, 3.8) is 0 Å². The zero-order chi connectivity index (χ0) is 23.4. The van der Waals surface area contributed by atoms with E-state index < -0.39 is 0 Å². The number of rotatable bonds is 7. The van der Waals surface area contributed by atoms with Crippen LogP contribution < -0.4 is 10.5 Å². The Morgan fingerprint density at radius 2 is 1.82 bits per heavy atom. The van der Waals surface area contributed by atoms with Gasteiger partial charge in [-0.3, -0.25) is 14.5 Å². The molecule has 1 atom stereocenters. The first-order valence-corrected chi connectivity index (χ1v) is 11.7. The van der Waals surface area contributed by atoms with Gasteiger partial charge >= 0.3 is 0 Å². The summed E-state index contributed by atoms with van der Waals surface area (Å²) in [6.07, 6.45) is 1.94. The lowest BCUT2D eigenvalue weighted by Crippen LogP contribution is -2.43. The lowest BCUT2D eigenvalue weighted by atomic mass is 9.96. The van der Waals surface area contributed by atoms with Crippen LogP contribution in [0.25, 0.3) is 0 Å². The molecule has 2 N–H and O–H groups in total. The molecule has 1 saturated heterocycles. The summed E-state index contributed by atoms with van der Waals surface area (Å²) < 4.78 is 5.56. The molecule has 4 rings (SSSR count). The van der Waals surface area contributed by atoms with E-state index in [4.69, 9.17) is 27.2 Å². The number of hydrogen-bond donors (Lipinski definition) is 1. The average Bonchev–Trinajstić information content (AvgIpc) is 3.26. The number of primary amides is 1. The summed E-state index contributed by atoms with van der Waals surface area (Å²) in [5, 5.41) is 6.94. The Morgan fingerprint density at radius 1 is 1.12 bits per heavy atom. The van der Waals surface area contributed by atoms with E-state index in [-0.39, 0.29) is 30.3 Å². The minimum absolute atomic E-state index is 0.0755. The molecule has 2 aromatic rings. The van der Waals surface area contributed by atoms with Crippen LogP contribution in [-0.2, 0) is 9.59 Å². The van der Waals surface area contributed by atoms with Crippen LogP contribution in [0.5, 0.6) is 5.75 Å². The number of benzene rings is 2. The van der Waals surface area contributed by atoms with Crippen LogP contribution in [0.3, 0.4) is 0 Å².